The molecule has 3 atom stereocenters. The van der Waals surface area contributed by atoms with Crippen molar-refractivity contribution >= 4 is 28.3 Å². The Morgan fingerprint density at radius 3 is 2.83 bits per heavy atom. The Morgan fingerprint density at radius 1 is 1.44 bits per heavy atom. The van der Waals surface area contributed by atoms with Crippen LogP contribution in [-0.4, -0.2) is 18.8 Å². The first-order valence-electron chi connectivity index (χ1n) is 6.74. The smallest absolute Gasteiger partial charge is 0.0667 e. The number of anilines is 1. The number of rotatable bonds is 5. The molecule has 0 spiro atoms. The number of nitrogens with one attached hydrogen (secondary N) is 1. The quantitative estimate of drug-likeness (QED) is 0.792. The molecule has 0 saturated heterocycles. The molecule has 18 heavy (non-hydrogen) atoms. The maximum absolute atomic E-state index is 5.83. The molecular formula is C15H22INO. The molecule has 0 radical (unpaired) electrons. The Kier molecular flexibility index (Phi) is 4.54. The van der Waals surface area contributed by atoms with Crippen molar-refractivity contribution < 1.29 is 4.74 Å². The van der Waals surface area contributed by atoms with Gasteiger partial charge in [0.05, 0.1) is 6.10 Å². The van der Waals surface area contributed by atoms with E-state index in [0.717, 1.165) is 19.4 Å². The molecule has 0 aromatic heterocycles. The van der Waals surface area contributed by atoms with Gasteiger partial charge in [0, 0.05) is 27.3 Å². The Morgan fingerprint density at radius 2 is 2.22 bits per heavy atom. The first kappa shape index (κ1) is 14.1. The summed E-state index contributed by atoms with van der Waals surface area (Å²) in [7, 11) is 0. The van der Waals surface area contributed by atoms with Gasteiger partial charge >= 0.3 is 0 Å². The summed E-state index contributed by atoms with van der Waals surface area (Å²) in [5.41, 5.74) is 1.48. The number of hydrogen-bond acceptors (Lipinski definition) is 2. The zero-order chi connectivity index (χ0) is 13.2. The molecule has 1 aliphatic carbocycles. The van der Waals surface area contributed by atoms with Crippen molar-refractivity contribution in [1.82, 2.24) is 0 Å². The molecule has 0 aliphatic heterocycles. The molecule has 3 heteroatoms. The second kappa shape index (κ2) is 5.78. The fraction of sp³-hybridized carbons (Fsp3) is 0.600. The van der Waals surface area contributed by atoms with Gasteiger partial charge in [-0.25, -0.2) is 0 Å². The van der Waals surface area contributed by atoms with Crippen molar-refractivity contribution in [3.05, 3.63) is 27.8 Å². The molecule has 1 aromatic rings. The van der Waals surface area contributed by atoms with Gasteiger partial charge in [-0.1, -0.05) is 19.9 Å². The highest BCUT2D eigenvalue weighted by Crippen LogP contribution is 2.47. The van der Waals surface area contributed by atoms with Crippen molar-refractivity contribution in [2.45, 2.75) is 45.8 Å². The molecule has 1 aliphatic rings. The van der Waals surface area contributed by atoms with Crippen LogP contribution in [0.3, 0.4) is 0 Å². The third-order valence-electron chi connectivity index (χ3n) is 4.28. The number of benzene rings is 1. The standard InChI is InChI=1S/C15H22INO/c1-4-15(3)13(10-14(15)18-5-2)17-12-8-6-7-11(16)9-12/h6-9,13-14,17H,4-5,10H2,1-3H3. The van der Waals surface area contributed by atoms with Crippen LogP contribution in [0.4, 0.5) is 5.69 Å². The van der Waals surface area contributed by atoms with E-state index in [0.29, 0.717) is 12.1 Å². The van der Waals surface area contributed by atoms with Crippen LogP contribution in [0.1, 0.15) is 33.6 Å². The van der Waals surface area contributed by atoms with Crippen molar-refractivity contribution in [2.24, 2.45) is 5.41 Å². The summed E-state index contributed by atoms with van der Waals surface area (Å²) >= 11 is 2.35. The topological polar surface area (TPSA) is 21.3 Å². The van der Waals surface area contributed by atoms with E-state index in [1.54, 1.807) is 0 Å². The van der Waals surface area contributed by atoms with Gasteiger partial charge < -0.3 is 10.1 Å². The monoisotopic (exact) mass is 359 g/mol. The van der Waals surface area contributed by atoms with E-state index in [1.807, 2.05) is 0 Å². The maximum Gasteiger partial charge on any atom is 0.0667 e. The minimum absolute atomic E-state index is 0.261. The van der Waals surface area contributed by atoms with E-state index in [2.05, 4.69) is 72.9 Å². The van der Waals surface area contributed by atoms with E-state index < -0.39 is 0 Å². The van der Waals surface area contributed by atoms with Crippen molar-refractivity contribution in [1.29, 1.82) is 0 Å². The molecule has 1 fully saturated rings. The molecule has 100 valence electrons. The maximum atomic E-state index is 5.83. The highest BCUT2D eigenvalue weighted by molar-refractivity contribution is 14.1. The van der Waals surface area contributed by atoms with E-state index in [4.69, 9.17) is 4.74 Å². The van der Waals surface area contributed by atoms with Crippen LogP contribution in [-0.2, 0) is 4.74 Å². The summed E-state index contributed by atoms with van der Waals surface area (Å²) in [4.78, 5) is 0. The van der Waals surface area contributed by atoms with Crippen LogP contribution >= 0.6 is 22.6 Å². The third kappa shape index (κ3) is 2.67. The van der Waals surface area contributed by atoms with Crippen LogP contribution in [0.25, 0.3) is 0 Å². The first-order chi connectivity index (χ1) is 8.60. The number of hydrogen-bond donors (Lipinski definition) is 1. The summed E-state index contributed by atoms with van der Waals surface area (Å²) in [6, 6.07) is 9.09. The predicted molar refractivity (Wildman–Crippen MR) is 85.0 cm³/mol. The number of halogens is 1. The van der Waals surface area contributed by atoms with Crippen LogP contribution in [0, 0.1) is 8.99 Å². The van der Waals surface area contributed by atoms with Gasteiger partial charge in [-0.05, 0) is 60.6 Å². The molecule has 1 aromatic carbocycles. The Labute approximate surface area is 124 Å². The van der Waals surface area contributed by atoms with E-state index in [1.165, 1.54) is 9.26 Å². The third-order valence-corrected chi connectivity index (χ3v) is 4.95. The number of ether oxygens (including phenoxy) is 1. The van der Waals surface area contributed by atoms with Gasteiger partial charge in [0.25, 0.3) is 0 Å². The molecule has 2 rings (SSSR count). The van der Waals surface area contributed by atoms with Crippen LogP contribution < -0.4 is 5.32 Å². The lowest BCUT2D eigenvalue weighted by Crippen LogP contribution is -2.59. The molecule has 2 nitrogen and oxygen atoms in total. The van der Waals surface area contributed by atoms with Crippen molar-refractivity contribution in [3.63, 3.8) is 0 Å². The summed E-state index contributed by atoms with van der Waals surface area (Å²) in [6.45, 7) is 7.49. The first-order valence-corrected chi connectivity index (χ1v) is 7.81. The lowest BCUT2D eigenvalue weighted by Gasteiger charge is -2.54. The highest BCUT2D eigenvalue weighted by Gasteiger charge is 2.51. The Hall–Kier alpha value is -0.290. The lowest BCUT2D eigenvalue weighted by molar-refractivity contribution is -0.109. The van der Waals surface area contributed by atoms with E-state index in [9.17, 15) is 0 Å². The van der Waals surface area contributed by atoms with Crippen LogP contribution in [0.5, 0.6) is 0 Å². The molecule has 1 N–H and O–H groups in total. The zero-order valence-corrected chi connectivity index (χ0v) is 13.5. The van der Waals surface area contributed by atoms with Crippen LogP contribution in [0.2, 0.25) is 0 Å². The summed E-state index contributed by atoms with van der Waals surface area (Å²) in [5, 5.41) is 3.66. The summed E-state index contributed by atoms with van der Waals surface area (Å²) < 4.78 is 7.11. The minimum atomic E-state index is 0.261. The van der Waals surface area contributed by atoms with Gasteiger partial charge in [-0.2, -0.15) is 0 Å². The normalized spacial score (nSPS) is 30.9. The average Bonchev–Trinajstić information content (AvgIpc) is 2.36. The molecule has 0 heterocycles. The summed E-state index contributed by atoms with van der Waals surface area (Å²) in [6.07, 6.45) is 2.68. The predicted octanol–water partition coefficient (Wildman–Crippen LogP) is 4.30. The fourth-order valence-corrected chi connectivity index (χ4v) is 3.30. The highest BCUT2D eigenvalue weighted by atomic mass is 127. The van der Waals surface area contributed by atoms with E-state index in [-0.39, 0.29) is 5.41 Å². The molecule has 0 bridgehead atoms. The molecule has 0 amide bonds. The minimum Gasteiger partial charge on any atom is -0.382 e. The van der Waals surface area contributed by atoms with Gasteiger partial charge in [-0.3, -0.25) is 0 Å². The van der Waals surface area contributed by atoms with Crippen LogP contribution in [0.15, 0.2) is 24.3 Å². The van der Waals surface area contributed by atoms with E-state index >= 15 is 0 Å². The molecule has 3 unspecified atom stereocenters. The fourth-order valence-electron chi connectivity index (χ4n) is 2.75. The second-order valence-corrected chi connectivity index (χ2v) is 6.49. The van der Waals surface area contributed by atoms with Crippen molar-refractivity contribution in [3.8, 4) is 0 Å². The average molecular weight is 359 g/mol. The largest absolute Gasteiger partial charge is 0.382 e. The zero-order valence-electron chi connectivity index (χ0n) is 11.4. The Balaban J connectivity index is 2.03. The summed E-state index contributed by atoms with van der Waals surface area (Å²) in [5.74, 6) is 0. The molecule has 1 saturated carbocycles. The van der Waals surface area contributed by atoms with Gasteiger partial charge in [-0.15, -0.1) is 0 Å². The van der Waals surface area contributed by atoms with Gasteiger partial charge in [0.2, 0.25) is 0 Å². The SMILES string of the molecule is CCOC1CC(Nc2cccc(I)c2)C1(C)CC. The van der Waals surface area contributed by atoms with Gasteiger partial charge in [0.1, 0.15) is 0 Å². The Bertz CT molecular complexity index is 409. The molecular weight excluding hydrogens is 337 g/mol. The second-order valence-electron chi connectivity index (χ2n) is 5.25. The van der Waals surface area contributed by atoms with Crippen molar-refractivity contribution in [2.75, 3.05) is 11.9 Å². The lowest BCUT2D eigenvalue weighted by atomic mass is 9.61. The van der Waals surface area contributed by atoms with Gasteiger partial charge in [0.15, 0.2) is 0 Å².